The molecule has 4 heterocycles. The second kappa shape index (κ2) is 4.04. The summed E-state index contributed by atoms with van der Waals surface area (Å²) in [6.07, 6.45) is 6.52. The van der Waals surface area contributed by atoms with Gasteiger partial charge in [0.1, 0.15) is 11.9 Å². The van der Waals surface area contributed by atoms with Crippen molar-refractivity contribution in [1.82, 2.24) is 36.1 Å². The highest BCUT2D eigenvalue weighted by Crippen LogP contribution is 2.29. The van der Waals surface area contributed by atoms with Crippen LogP contribution < -0.4 is 15.6 Å². The zero-order valence-corrected chi connectivity index (χ0v) is 9.53. The zero-order chi connectivity index (χ0) is 13.4. The molecule has 0 saturated carbocycles. The molecule has 0 aliphatic carbocycles. The van der Waals surface area contributed by atoms with Crippen molar-refractivity contribution in [2.45, 2.75) is 0 Å². The van der Waals surface area contributed by atoms with Crippen LogP contribution in [0.4, 0.5) is 11.8 Å². The van der Waals surface area contributed by atoms with Crippen molar-refractivity contribution < 1.29 is 13.5 Å². The number of aromatic nitrogens is 6. The lowest BCUT2D eigenvalue weighted by molar-refractivity contribution is 0.393. The van der Waals surface area contributed by atoms with Gasteiger partial charge in [-0.3, -0.25) is 5.43 Å². The molecular formula is C8H4N9O3. The molecule has 3 aromatic rings. The summed E-state index contributed by atoms with van der Waals surface area (Å²) in [5, 5.41) is 21.2. The number of hydrogen-bond acceptors (Lipinski definition) is 12. The van der Waals surface area contributed by atoms with Crippen molar-refractivity contribution in [1.29, 1.82) is 0 Å². The van der Waals surface area contributed by atoms with E-state index in [0.29, 0.717) is 11.5 Å². The molecule has 1 N–H and O–H groups in total. The van der Waals surface area contributed by atoms with E-state index in [1.54, 1.807) is 0 Å². The van der Waals surface area contributed by atoms with Gasteiger partial charge in [0.25, 0.3) is 0 Å². The van der Waals surface area contributed by atoms with Crippen LogP contribution in [0.3, 0.4) is 0 Å². The maximum atomic E-state index is 5.17. The van der Waals surface area contributed by atoms with E-state index in [0.717, 1.165) is 0 Å². The van der Waals surface area contributed by atoms with Crippen molar-refractivity contribution >= 4 is 17.5 Å². The first-order valence-corrected chi connectivity index (χ1v) is 5.22. The average Bonchev–Trinajstić information content (AvgIpc) is 3.23. The molecule has 20 heavy (non-hydrogen) atoms. The third-order valence-electron chi connectivity index (χ3n) is 2.36. The van der Waals surface area contributed by atoms with Gasteiger partial charge in [-0.25, -0.2) is 0 Å². The van der Waals surface area contributed by atoms with Gasteiger partial charge in [-0.05, 0) is 0 Å². The first kappa shape index (κ1) is 10.5. The molecule has 0 saturated heterocycles. The first-order valence-electron chi connectivity index (χ1n) is 5.22. The molecule has 0 aromatic carbocycles. The molecule has 1 aliphatic rings. The summed E-state index contributed by atoms with van der Waals surface area (Å²) in [5.74, 6) is 0.615. The van der Waals surface area contributed by atoms with Gasteiger partial charge in [-0.2, -0.15) is 15.1 Å². The number of hydrogen-bond donors (Lipinski definition) is 1. The zero-order valence-electron chi connectivity index (χ0n) is 9.53. The van der Waals surface area contributed by atoms with E-state index in [-0.39, 0.29) is 11.8 Å². The van der Waals surface area contributed by atoms with Crippen LogP contribution in [0.1, 0.15) is 5.82 Å². The standard InChI is InChI=1S/C8H4N9O3/c1-5(7-9-3-20-14-7)16(8-13-10-4-18-8)17(11-1)6-2-19-15-12-6/h2-4,11H. The monoisotopic (exact) mass is 274 g/mol. The molecule has 1 aliphatic heterocycles. The van der Waals surface area contributed by atoms with Crippen molar-refractivity contribution in [2.24, 2.45) is 0 Å². The normalized spacial score (nSPS) is 14.5. The van der Waals surface area contributed by atoms with Gasteiger partial charge in [0.15, 0.2) is 6.26 Å². The molecule has 4 rings (SSSR count). The molecule has 3 aromatic heterocycles. The maximum absolute atomic E-state index is 5.17. The minimum absolute atomic E-state index is 0.144. The highest BCUT2D eigenvalue weighted by atomic mass is 16.5. The molecular weight excluding hydrogens is 270 g/mol. The molecule has 0 amide bonds. The van der Waals surface area contributed by atoms with E-state index in [9.17, 15) is 0 Å². The Bertz CT molecular complexity index is 705. The quantitative estimate of drug-likeness (QED) is 0.651. The fourth-order valence-corrected chi connectivity index (χ4v) is 1.59. The Kier molecular flexibility index (Phi) is 2.12. The SMILES string of the molecule is [C]1=C(c2ncon2)N(c2nnco2)N(c2conn2)N1. The molecule has 99 valence electrons. The molecule has 0 fully saturated rings. The number of rotatable bonds is 3. The fourth-order valence-electron chi connectivity index (χ4n) is 1.59. The van der Waals surface area contributed by atoms with Crippen molar-refractivity contribution in [2.75, 3.05) is 10.1 Å². The summed E-state index contributed by atoms with van der Waals surface area (Å²) in [7, 11) is 0. The van der Waals surface area contributed by atoms with E-state index in [2.05, 4.69) is 42.3 Å². The van der Waals surface area contributed by atoms with Crippen molar-refractivity contribution in [3.63, 3.8) is 0 Å². The predicted octanol–water partition coefficient (Wildman–Crippen LogP) is -0.616. The van der Waals surface area contributed by atoms with Crippen molar-refractivity contribution in [3.05, 3.63) is 31.1 Å². The molecule has 12 heteroatoms. The van der Waals surface area contributed by atoms with E-state index >= 15 is 0 Å². The smallest absolute Gasteiger partial charge is 0.344 e. The molecule has 0 spiro atoms. The minimum Gasteiger partial charge on any atom is -0.409 e. The van der Waals surface area contributed by atoms with Gasteiger partial charge >= 0.3 is 6.01 Å². The third kappa shape index (κ3) is 1.48. The van der Waals surface area contributed by atoms with E-state index in [1.165, 1.54) is 29.2 Å². The predicted molar refractivity (Wildman–Crippen MR) is 57.6 cm³/mol. The van der Waals surface area contributed by atoms with E-state index in [1.807, 2.05) is 0 Å². The largest absolute Gasteiger partial charge is 0.409 e. The lowest BCUT2D eigenvalue weighted by atomic mass is 10.4. The minimum atomic E-state index is 0.144. The van der Waals surface area contributed by atoms with Crippen LogP contribution in [0.5, 0.6) is 0 Å². The Balaban J connectivity index is 1.78. The summed E-state index contributed by atoms with van der Waals surface area (Å²) in [6.45, 7) is 0. The van der Waals surface area contributed by atoms with Gasteiger partial charge in [-0.15, -0.1) is 5.10 Å². The number of nitrogens with one attached hydrogen (secondary N) is 1. The molecule has 0 atom stereocenters. The van der Waals surface area contributed by atoms with E-state index < -0.39 is 0 Å². The highest BCUT2D eigenvalue weighted by molar-refractivity contribution is 5.76. The van der Waals surface area contributed by atoms with Gasteiger partial charge < -0.3 is 13.5 Å². The Hall–Kier alpha value is -3.44. The lowest BCUT2D eigenvalue weighted by Crippen LogP contribution is -2.43. The van der Waals surface area contributed by atoms with Crippen LogP contribution in [-0.4, -0.2) is 30.7 Å². The molecule has 1 radical (unpaired) electrons. The Morgan fingerprint density at radius 2 is 2.20 bits per heavy atom. The summed E-state index contributed by atoms with van der Waals surface area (Å²) >= 11 is 0. The first-order chi connectivity index (χ1) is 9.93. The second-order valence-corrected chi connectivity index (χ2v) is 3.45. The Morgan fingerprint density at radius 3 is 2.90 bits per heavy atom. The van der Waals surface area contributed by atoms with Crippen LogP contribution in [0.25, 0.3) is 5.70 Å². The molecule has 0 bridgehead atoms. The van der Waals surface area contributed by atoms with Gasteiger partial charge in [-0.1, -0.05) is 15.4 Å². The third-order valence-corrected chi connectivity index (χ3v) is 2.36. The van der Waals surface area contributed by atoms with Crippen LogP contribution >= 0.6 is 0 Å². The van der Waals surface area contributed by atoms with Gasteiger partial charge in [0.05, 0.1) is 0 Å². The summed E-state index contributed by atoms with van der Waals surface area (Å²) in [6, 6.07) is 0.144. The highest BCUT2D eigenvalue weighted by Gasteiger charge is 2.35. The maximum Gasteiger partial charge on any atom is 0.344 e. The van der Waals surface area contributed by atoms with Crippen LogP contribution in [0, 0.1) is 6.20 Å². The summed E-state index contributed by atoms with van der Waals surface area (Å²) in [4.78, 5) is 3.94. The summed E-state index contributed by atoms with van der Waals surface area (Å²) < 4.78 is 14.6. The van der Waals surface area contributed by atoms with Gasteiger partial charge in [0.2, 0.25) is 24.4 Å². The number of anilines is 2. The second-order valence-electron chi connectivity index (χ2n) is 3.45. The van der Waals surface area contributed by atoms with E-state index in [4.69, 9.17) is 13.5 Å². The number of nitrogens with zero attached hydrogens (tertiary/aromatic N) is 8. The van der Waals surface area contributed by atoms with Crippen LogP contribution in [0.2, 0.25) is 0 Å². The average molecular weight is 274 g/mol. The Morgan fingerprint density at radius 1 is 1.20 bits per heavy atom. The Labute approximate surface area is 109 Å². The summed E-state index contributed by atoms with van der Waals surface area (Å²) in [5.41, 5.74) is 3.19. The van der Waals surface area contributed by atoms with Crippen molar-refractivity contribution in [3.8, 4) is 0 Å². The lowest BCUT2D eigenvalue weighted by Gasteiger charge is -2.24. The van der Waals surface area contributed by atoms with Crippen LogP contribution in [-0.2, 0) is 0 Å². The number of hydrazine groups is 2. The fraction of sp³-hybridized carbons (Fsp3) is 0. The molecule has 12 nitrogen and oxygen atoms in total. The van der Waals surface area contributed by atoms with Gasteiger partial charge in [0, 0.05) is 5.27 Å². The topological polar surface area (TPSA) is 135 Å². The molecule has 0 unspecified atom stereocenters. The van der Waals surface area contributed by atoms with Crippen LogP contribution in [0.15, 0.2) is 32.5 Å².